The smallest absolute Gasteiger partial charge is 0.260 e. The number of rotatable bonds is 9. The Bertz CT molecular complexity index is 831. The van der Waals surface area contributed by atoms with Crippen LogP contribution < -0.4 is 4.74 Å². The zero-order chi connectivity index (χ0) is 22.1. The second-order valence-corrected chi connectivity index (χ2v) is 10.6. The van der Waals surface area contributed by atoms with E-state index in [0.29, 0.717) is 37.5 Å². The van der Waals surface area contributed by atoms with E-state index in [9.17, 15) is 26.0 Å². The molecule has 0 aromatic heterocycles. The summed E-state index contributed by atoms with van der Waals surface area (Å²) in [6.45, 7) is 3.03. The number of nitrogens with zero attached hydrogens (tertiary/aromatic N) is 1. The van der Waals surface area contributed by atoms with Crippen LogP contribution in [0.25, 0.3) is 0 Å². The van der Waals surface area contributed by atoms with Crippen LogP contribution in [0, 0.1) is 29.4 Å². The molecule has 1 aromatic rings. The molecule has 0 amide bonds. The van der Waals surface area contributed by atoms with Gasteiger partial charge in [0.15, 0.2) is 9.84 Å². The van der Waals surface area contributed by atoms with E-state index in [0.717, 1.165) is 44.1 Å². The van der Waals surface area contributed by atoms with E-state index >= 15 is 0 Å². The third-order valence-electron chi connectivity index (χ3n) is 6.29. The highest BCUT2D eigenvalue weighted by molar-refractivity contribution is 7.90. The Morgan fingerprint density at radius 2 is 1.77 bits per heavy atom. The van der Waals surface area contributed by atoms with Crippen LogP contribution in [0.5, 0.6) is 5.75 Å². The van der Waals surface area contributed by atoms with Crippen molar-refractivity contribution in [1.82, 2.24) is 4.90 Å². The van der Waals surface area contributed by atoms with Crippen molar-refractivity contribution >= 4 is 9.84 Å². The van der Waals surface area contributed by atoms with E-state index in [4.69, 9.17) is 4.74 Å². The summed E-state index contributed by atoms with van der Waals surface area (Å²) in [7, 11) is -3.99. The van der Waals surface area contributed by atoms with Gasteiger partial charge in [0.05, 0.1) is 13.2 Å². The highest BCUT2D eigenvalue weighted by Crippen LogP contribution is 2.49. The van der Waals surface area contributed by atoms with Crippen LogP contribution >= 0.6 is 0 Å². The lowest BCUT2D eigenvalue weighted by atomic mass is 9.90. The molecule has 4 nitrogen and oxygen atoms in total. The molecule has 0 spiro atoms. The topological polar surface area (TPSA) is 46.6 Å². The Kier molecular flexibility index (Phi) is 7.01. The standard InChI is InChI=1S/C21H29F4NO3S/c1-3-21(24,25)13-26-7-4-14(5-8-26)17-10-15(17)6-9-29-16-11-18(22)20(19(23)12-16)30(2,27)28/h11-12,14-15,17H,3-10,13H2,1-2H3. The van der Waals surface area contributed by atoms with Gasteiger partial charge in [-0.25, -0.2) is 26.0 Å². The maximum Gasteiger partial charge on any atom is 0.260 e. The molecule has 2 aliphatic rings. The first kappa shape index (κ1) is 23.3. The van der Waals surface area contributed by atoms with Gasteiger partial charge in [-0.1, -0.05) is 6.92 Å². The van der Waals surface area contributed by atoms with E-state index in [-0.39, 0.29) is 18.7 Å². The molecule has 0 radical (unpaired) electrons. The second-order valence-electron chi connectivity index (χ2n) is 8.61. The lowest BCUT2D eigenvalue weighted by molar-refractivity contribution is -0.0424. The molecule has 170 valence electrons. The minimum Gasteiger partial charge on any atom is -0.493 e. The molecule has 2 atom stereocenters. The molecule has 30 heavy (non-hydrogen) atoms. The Hall–Kier alpha value is -1.35. The number of hydrogen-bond donors (Lipinski definition) is 0. The SMILES string of the molecule is CCC(F)(F)CN1CCC(C2CC2CCOc2cc(F)c(S(C)(=O)=O)c(F)c2)CC1. The van der Waals surface area contributed by atoms with Gasteiger partial charge < -0.3 is 4.74 Å². The summed E-state index contributed by atoms with van der Waals surface area (Å²) in [4.78, 5) is 0.907. The maximum atomic E-state index is 13.9. The molecule has 1 aliphatic heterocycles. The monoisotopic (exact) mass is 451 g/mol. The Labute approximate surface area is 175 Å². The molecule has 0 bridgehead atoms. The van der Waals surface area contributed by atoms with Crippen LogP contribution in [-0.2, 0) is 9.84 Å². The number of ether oxygens (including phenoxy) is 1. The average molecular weight is 452 g/mol. The number of benzene rings is 1. The molecular weight excluding hydrogens is 422 g/mol. The molecule has 1 heterocycles. The molecule has 3 rings (SSSR count). The maximum absolute atomic E-state index is 13.9. The summed E-state index contributed by atoms with van der Waals surface area (Å²) in [6, 6.07) is 1.79. The fraction of sp³-hybridized carbons (Fsp3) is 0.714. The van der Waals surface area contributed by atoms with E-state index in [1.807, 2.05) is 4.90 Å². The van der Waals surface area contributed by atoms with Crippen LogP contribution in [-0.4, -0.2) is 51.7 Å². The van der Waals surface area contributed by atoms with Crippen LogP contribution in [0.15, 0.2) is 17.0 Å². The summed E-state index contributed by atoms with van der Waals surface area (Å²) in [5.41, 5.74) is 0. The largest absolute Gasteiger partial charge is 0.493 e. The fourth-order valence-electron chi connectivity index (χ4n) is 4.46. The molecule has 2 unspecified atom stereocenters. The lowest BCUT2D eigenvalue weighted by Crippen LogP contribution is -2.41. The minimum absolute atomic E-state index is 0.0280. The minimum atomic E-state index is -3.99. The zero-order valence-corrected chi connectivity index (χ0v) is 18.2. The number of halogens is 4. The van der Waals surface area contributed by atoms with Gasteiger partial charge in [0.1, 0.15) is 22.3 Å². The molecule has 0 N–H and O–H groups in total. The van der Waals surface area contributed by atoms with Crippen molar-refractivity contribution in [3.8, 4) is 5.75 Å². The first-order valence-corrected chi connectivity index (χ1v) is 12.3. The van der Waals surface area contributed by atoms with Crippen LogP contribution in [0.2, 0.25) is 0 Å². The molecule has 1 saturated heterocycles. The van der Waals surface area contributed by atoms with E-state index in [2.05, 4.69) is 0 Å². The van der Waals surface area contributed by atoms with E-state index < -0.39 is 32.3 Å². The van der Waals surface area contributed by atoms with Gasteiger partial charge in [0, 0.05) is 24.8 Å². The summed E-state index contributed by atoms with van der Waals surface area (Å²) < 4.78 is 83.2. The first-order chi connectivity index (χ1) is 14.0. The number of sulfone groups is 1. The summed E-state index contributed by atoms with van der Waals surface area (Å²) >= 11 is 0. The van der Waals surface area contributed by atoms with Crippen molar-refractivity contribution in [2.24, 2.45) is 17.8 Å². The summed E-state index contributed by atoms with van der Waals surface area (Å²) in [5, 5.41) is 0. The summed E-state index contributed by atoms with van der Waals surface area (Å²) in [6.07, 6.45) is 4.27. The van der Waals surface area contributed by atoms with Gasteiger partial charge >= 0.3 is 0 Å². The van der Waals surface area contributed by atoms with Gasteiger partial charge in [-0.05, 0) is 56.5 Å². The first-order valence-electron chi connectivity index (χ1n) is 10.4. The third-order valence-corrected chi connectivity index (χ3v) is 7.42. The Morgan fingerprint density at radius 1 is 1.17 bits per heavy atom. The van der Waals surface area contributed by atoms with Crippen molar-refractivity contribution < 1.29 is 30.7 Å². The molecule has 1 saturated carbocycles. The van der Waals surface area contributed by atoms with Crippen molar-refractivity contribution in [2.75, 3.05) is 32.5 Å². The molecule has 1 aliphatic carbocycles. The van der Waals surface area contributed by atoms with Crippen molar-refractivity contribution in [3.05, 3.63) is 23.8 Å². The number of alkyl halides is 2. The molecule has 1 aromatic carbocycles. The van der Waals surface area contributed by atoms with Gasteiger partial charge in [-0.3, -0.25) is 4.90 Å². The normalized spacial score (nSPS) is 23.5. The van der Waals surface area contributed by atoms with E-state index in [1.165, 1.54) is 6.92 Å². The van der Waals surface area contributed by atoms with E-state index in [1.54, 1.807) is 0 Å². The van der Waals surface area contributed by atoms with Crippen LogP contribution in [0.1, 0.15) is 39.0 Å². The lowest BCUT2D eigenvalue weighted by Gasteiger charge is -2.34. The van der Waals surface area contributed by atoms with Crippen molar-refractivity contribution in [3.63, 3.8) is 0 Å². The summed E-state index contributed by atoms with van der Waals surface area (Å²) in [5.74, 6) is -3.39. The van der Waals surface area contributed by atoms with Crippen molar-refractivity contribution in [1.29, 1.82) is 0 Å². The molecule has 2 fully saturated rings. The molecule has 9 heteroatoms. The van der Waals surface area contributed by atoms with Crippen LogP contribution in [0.4, 0.5) is 17.6 Å². The number of piperidine rings is 1. The third kappa shape index (κ3) is 5.87. The van der Waals surface area contributed by atoms with Gasteiger partial charge in [-0.15, -0.1) is 0 Å². The fourth-order valence-corrected chi connectivity index (χ4v) is 5.29. The van der Waals surface area contributed by atoms with Crippen molar-refractivity contribution in [2.45, 2.75) is 49.8 Å². The number of hydrogen-bond acceptors (Lipinski definition) is 4. The Morgan fingerprint density at radius 3 is 2.30 bits per heavy atom. The number of likely N-dealkylation sites (tertiary alicyclic amines) is 1. The molecular formula is C21H29F4NO3S. The Balaban J connectivity index is 1.41. The van der Waals surface area contributed by atoms with Crippen LogP contribution in [0.3, 0.4) is 0 Å². The predicted octanol–water partition coefficient (Wildman–Crippen LogP) is 4.53. The van der Waals surface area contributed by atoms with Gasteiger partial charge in [0.2, 0.25) is 0 Å². The van der Waals surface area contributed by atoms with Gasteiger partial charge in [0.25, 0.3) is 5.92 Å². The zero-order valence-electron chi connectivity index (χ0n) is 17.3. The quantitative estimate of drug-likeness (QED) is 0.518. The highest BCUT2D eigenvalue weighted by atomic mass is 32.2. The average Bonchev–Trinajstić information content (AvgIpc) is 3.40. The predicted molar refractivity (Wildman–Crippen MR) is 106 cm³/mol. The highest BCUT2D eigenvalue weighted by Gasteiger charge is 2.43. The van der Waals surface area contributed by atoms with Gasteiger partial charge in [-0.2, -0.15) is 0 Å². The second kappa shape index (κ2) is 9.02.